The van der Waals surface area contributed by atoms with Gasteiger partial charge in [-0.3, -0.25) is 4.79 Å². The molecule has 0 bridgehead atoms. The van der Waals surface area contributed by atoms with E-state index in [4.69, 9.17) is 0 Å². The smallest absolute Gasteiger partial charge is 0.255 e. The summed E-state index contributed by atoms with van der Waals surface area (Å²) < 4.78 is 15.4. The molecule has 0 atom stereocenters. The highest BCUT2D eigenvalue weighted by molar-refractivity contribution is 6.05. The molecule has 4 aromatic rings. The first-order chi connectivity index (χ1) is 12.6. The lowest BCUT2D eigenvalue weighted by atomic mass is 10.2. The van der Waals surface area contributed by atoms with Crippen molar-refractivity contribution < 1.29 is 9.18 Å². The average molecular weight is 345 g/mol. The van der Waals surface area contributed by atoms with Crippen LogP contribution < -0.4 is 5.32 Å². The van der Waals surface area contributed by atoms with Gasteiger partial charge in [0.15, 0.2) is 0 Å². The second-order valence-electron chi connectivity index (χ2n) is 6.03. The SMILES string of the molecule is Cn1c(-c2cccc(F)c2)nc2ccc(NC(=O)c3ccccc3)cc21. The zero-order valence-electron chi connectivity index (χ0n) is 14.1. The summed E-state index contributed by atoms with van der Waals surface area (Å²) in [5.41, 5.74) is 3.62. The van der Waals surface area contributed by atoms with Crippen molar-refractivity contribution in [3.63, 3.8) is 0 Å². The number of aryl methyl sites for hydroxylation is 1. The summed E-state index contributed by atoms with van der Waals surface area (Å²) in [6.07, 6.45) is 0. The molecule has 0 unspecified atom stereocenters. The van der Waals surface area contributed by atoms with Crippen molar-refractivity contribution in [1.82, 2.24) is 9.55 Å². The molecule has 0 saturated carbocycles. The fraction of sp³-hybridized carbons (Fsp3) is 0.0476. The molecule has 0 aliphatic heterocycles. The molecule has 1 N–H and O–H groups in total. The molecule has 0 fully saturated rings. The normalized spacial score (nSPS) is 10.8. The van der Waals surface area contributed by atoms with Crippen LogP contribution in [0, 0.1) is 5.82 Å². The van der Waals surface area contributed by atoms with E-state index in [-0.39, 0.29) is 11.7 Å². The molecule has 1 amide bonds. The number of nitrogens with zero attached hydrogens (tertiary/aromatic N) is 2. The van der Waals surface area contributed by atoms with Gasteiger partial charge < -0.3 is 9.88 Å². The van der Waals surface area contributed by atoms with E-state index in [1.807, 2.05) is 54.1 Å². The van der Waals surface area contributed by atoms with E-state index in [1.54, 1.807) is 18.2 Å². The molecule has 1 heterocycles. The zero-order valence-corrected chi connectivity index (χ0v) is 14.1. The molecule has 0 radical (unpaired) electrons. The van der Waals surface area contributed by atoms with Gasteiger partial charge in [0, 0.05) is 23.9 Å². The molecule has 1 aromatic heterocycles. The quantitative estimate of drug-likeness (QED) is 0.588. The maximum atomic E-state index is 13.5. The summed E-state index contributed by atoms with van der Waals surface area (Å²) in [5.74, 6) is 0.203. The van der Waals surface area contributed by atoms with Gasteiger partial charge in [0.05, 0.1) is 11.0 Å². The van der Waals surface area contributed by atoms with Crippen LogP contribution in [-0.2, 0) is 7.05 Å². The molecule has 0 saturated heterocycles. The Morgan fingerprint density at radius 1 is 1.00 bits per heavy atom. The molecular formula is C21H16FN3O. The summed E-state index contributed by atoms with van der Waals surface area (Å²) in [6, 6.07) is 20.9. The Morgan fingerprint density at radius 3 is 2.58 bits per heavy atom. The molecule has 3 aromatic carbocycles. The van der Waals surface area contributed by atoms with E-state index in [0.717, 1.165) is 11.0 Å². The number of aromatic nitrogens is 2. The first-order valence-corrected chi connectivity index (χ1v) is 8.20. The monoisotopic (exact) mass is 345 g/mol. The number of halogens is 1. The highest BCUT2D eigenvalue weighted by Gasteiger charge is 2.12. The Morgan fingerprint density at radius 2 is 1.81 bits per heavy atom. The number of hydrogen-bond acceptors (Lipinski definition) is 2. The number of carbonyl (C=O) groups is 1. The number of imidazole rings is 1. The lowest BCUT2D eigenvalue weighted by molar-refractivity contribution is 0.102. The minimum Gasteiger partial charge on any atom is -0.327 e. The predicted molar refractivity (Wildman–Crippen MR) is 101 cm³/mol. The highest BCUT2D eigenvalue weighted by atomic mass is 19.1. The standard InChI is InChI=1S/C21H16FN3O/c1-25-19-13-17(23-21(26)14-6-3-2-4-7-14)10-11-18(19)24-20(25)15-8-5-9-16(22)12-15/h2-13H,1H3,(H,23,26). The van der Waals surface area contributed by atoms with Gasteiger partial charge in [0.25, 0.3) is 5.91 Å². The molecule has 0 aliphatic rings. The van der Waals surface area contributed by atoms with Crippen molar-refractivity contribution in [3.8, 4) is 11.4 Å². The number of fused-ring (bicyclic) bond motifs is 1. The molecule has 5 heteroatoms. The number of hydrogen-bond donors (Lipinski definition) is 1. The van der Waals surface area contributed by atoms with Crippen LogP contribution in [0.2, 0.25) is 0 Å². The fourth-order valence-electron chi connectivity index (χ4n) is 2.95. The van der Waals surface area contributed by atoms with Crippen LogP contribution in [0.15, 0.2) is 72.8 Å². The first kappa shape index (κ1) is 16.0. The van der Waals surface area contributed by atoms with Crippen LogP contribution in [0.25, 0.3) is 22.4 Å². The molecule has 128 valence electrons. The Hall–Kier alpha value is -3.47. The third-order valence-electron chi connectivity index (χ3n) is 4.26. The Balaban J connectivity index is 1.69. The third kappa shape index (κ3) is 2.95. The summed E-state index contributed by atoms with van der Waals surface area (Å²) >= 11 is 0. The summed E-state index contributed by atoms with van der Waals surface area (Å²) in [6.45, 7) is 0. The summed E-state index contributed by atoms with van der Waals surface area (Å²) in [4.78, 5) is 16.9. The van der Waals surface area contributed by atoms with Crippen LogP contribution in [-0.4, -0.2) is 15.5 Å². The number of nitrogens with one attached hydrogen (secondary N) is 1. The Labute approximate surface area is 149 Å². The Bertz CT molecular complexity index is 1100. The average Bonchev–Trinajstić information content (AvgIpc) is 2.99. The van der Waals surface area contributed by atoms with Gasteiger partial charge in [-0.05, 0) is 42.5 Å². The predicted octanol–water partition coefficient (Wildman–Crippen LogP) is 4.63. The maximum Gasteiger partial charge on any atom is 0.255 e. The van der Waals surface area contributed by atoms with E-state index in [0.29, 0.717) is 22.6 Å². The molecule has 26 heavy (non-hydrogen) atoms. The molecule has 0 aliphatic carbocycles. The second kappa shape index (κ2) is 6.44. The van der Waals surface area contributed by atoms with E-state index >= 15 is 0 Å². The van der Waals surface area contributed by atoms with Gasteiger partial charge in [-0.25, -0.2) is 9.37 Å². The van der Waals surface area contributed by atoms with Crippen molar-refractivity contribution >= 4 is 22.6 Å². The number of benzene rings is 3. The van der Waals surface area contributed by atoms with Gasteiger partial charge in [0.2, 0.25) is 0 Å². The number of anilines is 1. The van der Waals surface area contributed by atoms with Gasteiger partial charge in [0.1, 0.15) is 11.6 Å². The highest BCUT2D eigenvalue weighted by Crippen LogP contribution is 2.26. The van der Waals surface area contributed by atoms with Crippen LogP contribution in [0.1, 0.15) is 10.4 Å². The largest absolute Gasteiger partial charge is 0.327 e. The van der Waals surface area contributed by atoms with Crippen molar-refractivity contribution in [2.75, 3.05) is 5.32 Å². The van der Waals surface area contributed by atoms with Crippen molar-refractivity contribution in [2.45, 2.75) is 0 Å². The second-order valence-corrected chi connectivity index (χ2v) is 6.03. The van der Waals surface area contributed by atoms with E-state index < -0.39 is 0 Å². The first-order valence-electron chi connectivity index (χ1n) is 8.20. The minimum atomic E-state index is -0.301. The van der Waals surface area contributed by atoms with E-state index in [1.165, 1.54) is 12.1 Å². The molecule has 4 rings (SSSR count). The van der Waals surface area contributed by atoms with Crippen LogP contribution in [0.5, 0.6) is 0 Å². The van der Waals surface area contributed by atoms with Gasteiger partial charge >= 0.3 is 0 Å². The number of carbonyl (C=O) groups excluding carboxylic acids is 1. The fourth-order valence-corrected chi connectivity index (χ4v) is 2.95. The molecule has 0 spiro atoms. The zero-order chi connectivity index (χ0) is 18.1. The van der Waals surface area contributed by atoms with Crippen LogP contribution >= 0.6 is 0 Å². The third-order valence-corrected chi connectivity index (χ3v) is 4.26. The van der Waals surface area contributed by atoms with Gasteiger partial charge in [-0.1, -0.05) is 30.3 Å². The van der Waals surface area contributed by atoms with Crippen molar-refractivity contribution in [1.29, 1.82) is 0 Å². The lowest BCUT2D eigenvalue weighted by Gasteiger charge is -2.06. The topological polar surface area (TPSA) is 46.9 Å². The summed E-state index contributed by atoms with van der Waals surface area (Å²) in [5, 5.41) is 2.90. The minimum absolute atomic E-state index is 0.169. The van der Waals surface area contributed by atoms with Crippen molar-refractivity contribution in [3.05, 3.63) is 84.2 Å². The summed E-state index contributed by atoms with van der Waals surface area (Å²) in [7, 11) is 1.87. The molecular weight excluding hydrogens is 329 g/mol. The van der Waals surface area contributed by atoms with Gasteiger partial charge in [-0.2, -0.15) is 0 Å². The number of rotatable bonds is 3. The Kier molecular flexibility index (Phi) is 3.97. The van der Waals surface area contributed by atoms with Crippen LogP contribution in [0.3, 0.4) is 0 Å². The maximum absolute atomic E-state index is 13.5. The van der Waals surface area contributed by atoms with E-state index in [2.05, 4.69) is 10.3 Å². The lowest BCUT2D eigenvalue weighted by Crippen LogP contribution is -2.11. The van der Waals surface area contributed by atoms with E-state index in [9.17, 15) is 9.18 Å². The number of amides is 1. The van der Waals surface area contributed by atoms with Crippen molar-refractivity contribution in [2.24, 2.45) is 7.05 Å². The van der Waals surface area contributed by atoms with Gasteiger partial charge in [-0.15, -0.1) is 0 Å². The molecule has 4 nitrogen and oxygen atoms in total. The van der Waals surface area contributed by atoms with Crippen LogP contribution in [0.4, 0.5) is 10.1 Å².